The highest BCUT2D eigenvalue weighted by Gasteiger charge is 2.11. The number of fused-ring (bicyclic) bond motifs is 1. The number of amides is 1. The highest BCUT2D eigenvalue weighted by atomic mass is 79.9. The number of rotatable bonds is 4. The zero-order valence-electron chi connectivity index (χ0n) is 11.2. The maximum Gasteiger partial charge on any atom is 0.308 e. The van der Waals surface area contributed by atoms with Crippen LogP contribution in [0.15, 0.2) is 22.8 Å². The molecular formula is C14H15BrN2O3. The van der Waals surface area contributed by atoms with Crippen molar-refractivity contribution in [2.45, 2.75) is 20.3 Å². The van der Waals surface area contributed by atoms with Gasteiger partial charge in [0, 0.05) is 31.3 Å². The predicted molar refractivity (Wildman–Crippen MR) is 79.7 cm³/mol. The van der Waals surface area contributed by atoms with Crippen molar-refractivity contribution in [1.82, 2.24) is 10.3 Å². The van der Waals surface area contributed by atoms with Gasteiger partial charge in [-0.25, -0.2) is 0 Å². The van der Waals surface area contributed by atoms with E-state index in [2.05, 4.69) is 26.2 Å². The number of nitrogens with one attached hydrogen (secondary N) is 2. The van der Waals surface area contributed by atoms with Gasteiger partial charge in [0.15, 0.2) is 0 Å². The second-order valence-electron chi connectivity index (χ2n) is 4.45. The zero-order valence-corrected chi connectivity index (χ0v) is 12.8. The van der Waals surface area contributed by atoms with Crippen molar-refractivity contribution in [3.8, 4) is 5.75 Å². The Morgan fingerprint density at radius 3 is 2.75 bits per heavy atom. The number of aromatic amines is 1. The summed E-state index contributed by atoms with van der Waals surface area (Å²) in [4.78, 5) is 25.1. The maximum absolute atomic E-state index is 11.0. The second kappa shape index (κ2) is 6.09. The van der Waals surface area contributed by atoms with Gasteiger partial charge in [0.05, 0.1) is 4.60 Å². The number of carbonyl (C=O) groups excluding carboxylic acids is 2. The van der Waals surface area contributed by atoms with Gasteiger partial charge >= 0.3 is 5.97 Å². The third kappa shape index (κ3) is 3.39. The molecule has 20 heavy (non-hydrogen) atoms. The molecular weight excluding hydrogens is 324 g/mol. The number of carbonyl (C=O) groups is 2. The summed E-state index contributed by atoms with van der Waals surface area (Å²) in [5, 5.41) is 3.74. The summed E-state index contributed by atoms with van der Waals surface area (Å²) in [5.74, 6) is 0.109. The molecule has 0 aliphatic carbocycles. The molecule has 0 saturated heterocycles. The fourth-order valence-electron chi connectivity index (χ4n) is 2.03. The Kier molecular flexibility index (Phi) is 4.44. The Bertz CT molecular complexity index is 664. The minimum atomic E-state index is -0.348. The first kappa shape index (κ1) is 14.6. The van der Waals surface area contributed by atoms with Crippen molar-refractivity contribution < 1.29 is 14.3 Å². The Morgan fingerprint density at radius 1 is 1.35 bits per heavy atom. The van der Waals surface area contributed by atoms with Crippen LogP contribution in [-0.4, -0.2) is 23.4 Å². The van der Waals surface area contributed by atoms with E-state index in [0.717, 1.165) is 21.1 Å². The minimum absolute atomic E-state index is 0.0541. The number of hydrogen-bond donors (Lipinski definition) is 2. The van der Waals surface area contributed by atoms with Crippen LogP contribution in [0.3, 0.4) is 0 Å². The molecule has 2 N–H and O–H groups in total. The second-order valence-corrected chi connectivity index (χ2v) is 5.24. The van der Waals surface area contributed by atoms with Crippen molar-refractivity contribution in [2.75, 3.05) is 6.54 Å². The Labute approximate surface area is 124 Å². The normalized spacial score (nSPS) is 10.6. The summed E-state index contributed by atoms with van der Waals surface area (Å²) in [7, 11) is 0. The van der Waals surface area contributed by atoms with Crippen molar-refractivity contribution in [1.29, 1.82) is 0 Å². The van der Waals surface area contributed by atoms with Crippen LogP contribution in [0.4, 0.5) is 0 Å². The summed E-state index contributed by atoms with van der Waals surface area (Å²) in [6.07, 6.45) is 0.684. The highest BCUT2D eigenvalue weighted by molar-refractivity contribution is 9.10. The first-order chi connectivity index (χ1) is 9.47. The van der Waals surface area contributed by atoms with E-state index < -0.39 is 0 Å². The topological polar surface area (TPSA) is 71.2 Å². The Morgan fingerprint density at radius 2 is 2.10 bits per heavy atom. The molecule has 1 aromatic carbocycles. The van der Waals surface area contributed by atoms with Crippen LogP contribution in [0.5, 0.6) is 5.75 Å². The fraction of sp³-hybridized carbons (Fsp3) is 0.286. The van der Waals surface area contributed by atoms with Gasteiger partial charge in [-0.15, -0.1) is 0 Å². The van der Waals surface area contributed by atoms with Crippen molar-refractivity contribution in [3.63, 3.8) is 0 Å². The van der Waals surface area contributed by atoms with Crippen LogP contribution in [0.25, 0.3) is 10.9 Å². The van der Waals surface area contributed by atoms with E-state index in [0.29, 0.717) is 18.7 Å². The number of esters is 1. The molecule has 2 aromatic rings. The van der Waals surface area contributed by atoms with Gasteiger partial charge in [-0.1, -0.05) is 0 Å². The molecule has 0 spiro atoms. The molecule has 0 radical (unpaired) electrons. The molecule has 0 unspecified atom stereocenters. The van der Waals surface area contributed by atoms with Crippen LogP contribution in [-0.2, 0) is 16.0 Å². The summed E-state index contributed by atoms with van der Waals surface area (Å²) in [6.45, 7) is 3.41. The SMILES string of the molecule is CC(=O)NCCc1c(Br)[nH]c2ccc(OC(C)=O)cc12. The van der Waals surface area contributed by atoms with Crippen molar-refractivity contribution in [3.05, 3.63) is 28.4 Å². The number of aromatic nitrogens is 1. The molecule has 1 heterocycles. The number of benzene rings is 1. The third-order valence-electron chi connectivity index (χ3n) is 2.84. The number of halogens is 1. The highest BCUT2D eigenvalue weighted by Crippen LogP contribution is 2.30. The lowest BCUT2D eigenvalue weighted by molar-refractivity contribution is -0.131. The summed E-state index contributed by atoms with van der Waals surface area (Å²) in [6, 6.07) is 5.42. The molecule has 1 amide bonds. The van der Waals surface area contributed by atoms with E-state index in [1.807, 2.05) is 12.1 Å². The molecule has 106 valence electrons. The zero-order chi connectivity index (χ0) is 14.7. The van der Waals surface area contributed by atoms with Crippen LogP contribution < -0.4 is 10.1 Å². The lowest BCUT2D eigenvalue weighted by Crippen LogP contribution is -2.22. The predicted octanol–water partition coefficient (Wildman–Crippen LogP) is 2.53. The van der Waals surface area contributed by atoms with E-state index in [4.69, 9.17) is 4.74 Å². The molecule has 0 atom stereocenters. The van der Waals surface area contributed by atoms with Gasteiger partial charge in [-0.05, 0) is 46.1 Å². The Balaban J connectivity index is 2.29. The molecule has 2 rings (SSSR count). The minimum Gasteiger partial charge on any atom is -0.427 e. The summed E-state index contributed by atoms with van der Waals surface area (Å²) in [5.41, 5.74) is 1.99. The van der Waals surface area contributed by atoms with Gasteiger partial charge in [-0.2, -0.15) is 0 Å². The lowest BCUT2D eigenvalue weighted by Gasteiger charge is -2.04. The molecule has 0 bridgehead atoms. The first-order valence-electron chi connectivity index (χ1n) is 6.20. The largest absolute Gasteiger partial charge is 0.427 e. The Hall–Kier alpha value is -1.82. The van der Waals surface area contributed by atoms with Gasteiger partial charge in [-0.3, -0.25) is 9.59 Å². The molecule has 0 aliphatic rings. The molecule has 5 nitrogen and oxygen atoms in total. The lowest BCUT2D eigenvalue weighted by atomic mass is 10.1. The molecule has 0 aliphatic heterocycles. The van der Waals surface area contributed by atoms with Gasteiger partial charge in [0.25, 0.3) is 0 Å². The summed E-state index contributed by atoms with van der Waals surface area (Å²) >= 11 is 3.48. The van der Waals surface area contributed by atoms with E-state index in [1.54, 1.807) is 6.07 Å². The molecule has 1 aromatic heterocycles. The molecule has 0 saturated carbocycles. The average Bonchev–Trinajstić information content (AvgIpc) is 2.65. The quantitative estimate of drug-likeness (QED) is 0.664. The third-order valence-corrected chi connectivity index (χ3v) is 3.51. The monoisotopic (exact) mass is 338 g/mol. The molecule has 6 heteroatoms. The van der Waals surface area contributed by atoms with E-state index >= 15 is 0 Å². The van der Waals surface area contributed by atoms with Crippen LogP contribution in [0.1, 0.15) is 19.4 Å². The fourth-order valence-corrected chi connectivity index (χ4v) is 2.66. The van der Waals surface area contributed by atoms with Crippen LogP contribution in [0.2, 0.25) is 0 Å². The van der Waals surface area contributed by atoms with E-state index in [9.17, 15) is 9.59 Å². The van der Waals surface area contributed by atoms with Crippen LogP contribution in [0, 0.1) is 0 Å². The smallest absolute Gasteiger partial charge is 0.308 e. The van der Waals surface area contributed by atoms with Gasteiger partial charge < -0.3 is 15.0 Å². The van der Waals surface area contributed by atoms with Gasteiger partial charge in [0.1, 0.15) is 5.75 Å². The van der Waals surface area contributed by atoms with E-state index in [1.165, 1.54) is 13.8 Å². The number of ether oxygens (including phenoxy) is 1. The standard InChI is InChI=1S/C14H15BrN2O3/c1-8(18)16-6-5-11-12-7-10(20-9(2)19)3-4-13(12)17-14(11)15/h3-4,7,17H,5-6H2,1-2H3,(H,16,18). The van der Waals surface area contributed by atoms with Crippen molar-refractivity contribution in [2.24, 2.45) is 0 Å². The maximum atomic E-state index is 11.0. The molecule has 0 fully saturated rings. The van der Waals surface area contributed by atoms with Gasteiger partial charge in [0.2, 0.25) is 5.91 Å². The first-order valence-corrected chi connectivity index (χ1v) is 6.99. The van der Waals surface area contributed by atoms with Crippen molar-refractivity contribution >= 4 is 38.7 Å². The number of H-pyrrole nitrogens is 1. The van der Waals surface area contributed by atoms with E-state index in [-0.39, 0.29) is 11.9 Å². The summed E-state index contributed by atoms with van der Waals surface area (Å²) < 4.78 is 5.96. The average molecular weight is 339 g/mol. The van der Waals surface area contributed by atoms with Crippen LogP contribution >= 0.6 is 15.9 Å². The number of hydrogen-bond acceptors (Lipinski definition) is 3.